The van der Waals surface area contributed by atoms with Crippen molar-refractivity contribution in [2.24, 2.45) is 5.92 Å². The SMILES string of the molecule is CCCC(C(=O)OCC)C(OCC)[PH](=O)COS(=O)(=O)c1ccc(C)cc1. The topological polar surface area (TPSA) is 96.0 Å². The Labute approximate surface area is 162 Å². The van der Waals surface area contributed by atoms with Gasteiger partial charge in [0.05, 0.1) is 17.4 Å². The van der Waals surface area contributed by atoms with E-state index in [1.165, 1.54) is 12.1 Å². The number of aryl methyl sites for hydroxylation is 1. The summed E-state index contributed by atoms with van der Waals surface area (Å²) < 4.78 is 52.9. The van der Waals surface area contributed by atoms with Crippen LogP contribution in [0.15, 0.2) is 29.2 Å². The maximum absolute atomic E-state index is 12.8. The third-order valence-corrected chi connectivity index (χ3v) is 7.00. The van der Waals surface area contributed by atoms with Crippen LogP contribution in [0.25, 0.3) is 0 Å². The highest BCUT2D eigenvalue weighted by Crippen LogP contribution is 2.38. The van der Waals surface area contributed by atoms with Crippen molar-refractivity contribution in [1.29, 1.82) is 0 Å². The third-order valence-electron chi connectivity index (χ3n) is 3.88. The highest BCUT2D eigenvalue weighted by atomic mass is 32.2. The van der Waals surface area contributed by atoms with Crippen molar-refractivity contribution >= 4 is 23.9 Å². The first kappa shape index (κ1) is 23.8. The Kier molecular flexibility index (Phi) is 10.2. The summed E-state index contributed by atoms with van der Waals surface area (Å²) in [6.45, 7) is 7.59. The maximum atomic E-state index is 12.8. The summed E-state index contributed by atoms with van der Waals surface area (Å²) in [6.07, 6.45) is 0.584. The van der Waals surface area contributed by atoms with Gasteiger partial charge in [0.1, 0.15) is 20.0 Å². The minimum Gasteiger partial charge on any atom is -0.466 e. The summed E-state index contributed by atoms with van der Waals surface area (Å²) >= 11 is 0. The van der Waals surface area contributed by atoms with Gasteiger partial charge in [0.2, 0.25) is 0 Å². The van der Waals surface area contributed by atoms with Crippen molar-refractivity contribution in [2.45, 2.75) is 51.3 Å². The number of ether oxygens (including phenoxy) is 2. The molecular formula is C18H29O7PS. The second-order valence-corrected chi connectivity index (χ2v) is 9.42. The predicted molar refractivity (Wildman–Crippen MR) is 104 cm³/mol. The Bertz CT molecular complexity index is 716. The van der Waals surface area contributed by atoms with E-state index in [0.717, 1.165) is 5.56 Å². The molecule has 0 amide bonds. The van der Waals surface area contributed by atoms with Crippen molar-refractivity contribution in [1.82, 2.24) is 0 Å². The summed E-state index contributed by atoms with van der Waals surface area (Å²) in [7, 11) is -6.73. The number of rotatable bonds is 12. The van der Waals surface area contributed by atoms with Crippen LogP contribution >= 0.6 is 7.80 Å². The average Bonchev–Trinajstić information content (AvgIpc) is 2.63. The number of esters is 1. The lowest BCUT2D eigenvalue weighted by Gasteiger charge is -2.24. The number of carbonyl (C=O) groups excluding carboxylic acids is 1. The smallest absolute Gasteiger partial charge is 0.312 e. The molecule has 0 aliphatic heterocycles. The second-order valence-electron chi connectivity index (χ2n) is 6.02. The van der Waals surface area contributed by atoms with Crippen LogP contribution in [-0.2, 0) is 33.1 Å². The lowest BCUT2D eigenvalue weighted by Crippen LogP contribution is -2.31. The van der Waals surface area contributed by atoms with Gasteiger partial charge >= 0.3 is 5.97 Å². The molecule has 1 aromatic carbocycles. The molecule has 7 nitrogen and oxygen atoms in total. The molecule has 0 saturated heterocycles. The molecule has 1 rings (SSSR count). The molecule has 0 spiro atoms. The lowest BCUT2D eigenvalue weighted by atomic mass is 10.1. The first-order chi connectivity index (χ1) is 12.8. The van der Waals surface area contributed by atoms with Gasteiger partial charge in [-0.1, -0.05) is 31.0 Å². The largest absolute Gasteiger partial charge is 0.466 e. The standard InChI is InChI=1S/C18H29O7PS/c1-5-8-16(17(19)23-6-2)18(24-7-3)26(20)13-25-27(21,22)15-11-9-14(4)10-12-15/h9-12,16,18,26H,5-8,13H2,1-4H3. The molecule has 27 heavy (non-hydrogen) atoms. The van der Waals surface area contributed by atoms with Gasteiger partial charge in [0.15, 0.2) is 0 Å². The van der Waals surface area contributed by atoms with Gasteiger partial charge < -0.3 is 14.0 Å². The molecule has 154 valence electrons. The van der Waals surface area contributed by atoms with E-state index in [1.807, 2.05) is 13.8 Å². The molecular weight excluding hydrogens is 391 g/mol. The van der Waals surface area contributed by atoms with E-state index in [1.54, 1.807) is 26.0 Å². The molecule has 0 radical (unpaired) electrons. The van der Waals surface area contributed by atoms with Crippen molar-refractivity contribution in [2.75, 3.05) is 19.6 Å². The van der Waals surface area contributed by atoms with E-state index in [0.29, 0.717) is 12.8 Å². The Morgan fingerprint density at radius 3 is 2.26 bits per heavy atom. The van der Waals surface area contributed by atoms with E-state index in [9.17, 15) is 17.8 Å². The second kappa shape index (κ2) is 11.6. The van der Waals surface area contributed by atoms with E-state index in [2.05, 4.69) is 0 Å². The fourth-order valence-electron chi connectivity index (χ4n) is 2.56. The van der Waals surface area contributed by atoms with E-state index in [4.69, 9.17) is 13.7 Å². The van der Waals surface area contributed by atoms with Crippen molar-refractivity contribution in [3.05, 3.63) is 29.8 Å². The molecule has 3 unspecified atom stereocenters. The van der Waals surface area contributed by atoms with Gasteiger partial charge in [-0.15, -0.1) is 0 Å². The summed E-state index contributed by atoms with van der Waals surface area (Å²) in [5, 5.41) is 0. The molecule has 9 heteroatoms. The average molecular weight is 420 g/mol. The molecule has 3 atom stereocenters. The zero-order valence-corrected chi connectivity index (χ0v) is 18.1. The first-order valence-corrected chi connectivity index (χ1v) is 12.1. The molecule has 0 heterocycles. The molecule has 1 aromatic rings. The van der Waals surface area contributed by atoms with Gasteiger partial charge in [-0.2, -0.15) is 8.42 Å². The predicted octanol–water partition coefficient (Wildman–Crippen LogP) is 3.56. The Morgan fingerprint density at radius 1 is 1.11 bits per heavy atom. The highest BCUT2D eigenvalue weighted by molar-refractivity contribution is 7.87. The van der Waals surface area contributed by atoms with Crippen LogP contribution in [0.5, 0.6) is 0 Å². The minimum absolute atomic E-state index is 0.00800. The monoisotopic (exact) mass is 420 g/mol. The Hall–Kier alpha value is -1.21. The van der Waals surface area contributed by atoms with Gasteiger partial charge in [0, 0.05) is 6.61 Å². The zero-order chi connectivity index (χ0) is 20.4. The fraction of sp³-hybridized carbons (Fsp3) is 0.611. The zero-order valence-electron chi connectivity index (χ0n) is 16.3. The molecule has 0 aromatic heterocycles. The van der Waals surface area contributed by atoms with Crippen LogP contribution in [0.4, 0.5) is 0 Å². The van der Waals surface area contributed by atoms with E-state index >= 15 is 0 Å². The fourth-order valence-corrected chi connectivity index (χ4v) is 5.52. The molecule has 0 saturated carbocycles. The number of carbonyl (C=O) groups is 1. The Balaban J connectivity index is 2.90. The van der Waals surface area contributed by atoms with Crippen LogP contribution in [0.1, 0.15) is 39.2 Å². The first-order valence-electron chi connectivity index (χ1n) is 9.03. The van der Waals surface area contributed by atoms with Crippen LogP contribution in [0, 0.1) is 12.8 Å². The normalized spacial score (nSPS) is 15.1. The summed E-state index contributed by atoms with van der Waals surface area (Å²) in [5.41, 5.74) is 0.913. The van der Waals surface area contributed by atoms with Crippen LogP contribution in [0.3, 0.4) is 0 Å². The maximum Gasteiger partial charge on any atom is 0.312 e. The van der Waals surface area contributed by atoms with Gasteiger partial charge in [-0.05, 0) is 39.3 Å². The molecule has 0 N–H and O–H groups in total. The van der Waals surface area contributed by atoms with Gasteiger partial charge in [-0.3, -0.25) is 8.98 Å². The molecule has 0 fully saturated rings. The molecule has 0 aliphatic rings. The van der Waals surface area contributed by atoms with Crippen LogP contribution in [0.2, 0.25) is 0 Å². The van der Waals surface area contributed by atoms with Crippen LogP contribution in [-0.4, -0.2) is 39.8 Å². The van der Waals surface area contributed by atoms with Crippen molar-refractivity contribution in [3.63, 3.8) is 0 Å². The lowest BCUT2D eigenvalue weighted by molar-refractivity contribution is -0.151. The number of hydrogen-bond acceptors (Lipinski definition) is 7. The van der Waals surface area contributed by atoms with Crippen molar-refractivity contribution in [3.8, 4) is 0 Å². The number of hydrogen-bond donors (Lipinski definition) is 0. The van der Waals surface area contributed by atoms with Gasteiger partial charge in [-0.25, -0.2) is 0 Å². The Morgan fingerprint density at radius 2 is 1.74 bits per heavy atom. The number of benzene rings is 1. The minimum atomic E-state index is -4.04. The van der Waals surface area contributed by atoms with E-state index in [-0.39, 0.29) is 18.1 Å². The summed E-state index contributed by atoms with van der Waals surface area (Å²) in [6, 6.07) is 6.17. The highest BCUT2D eigenvalue weighted by Gasteiger charge is 2.34. The van der Waals surface area contributed by atoms with Gasteiger partial charge in [0.25, 0.3) is 10.1 Å². The summed E-state index contributed by atoms with van der Waals surface area (Å²) in [5.74, 6) is -2.13. The molecule has 0 aliphatic carbocycles. The quantitative estimate of drug-likeness (QED) is 0.290. The third kappa shape index (κ3) is 7.37. The van der Waals surface area contributed by atoms with Crippen LogP contribution < -0.4 is 0 Å². The summed E-state index contributed by atoms with van der Waals surface area (Å²) in [4.78, 5) is 12.2. The molecule has 0 bridgehead atoms. The van der Waals surface area contributed by atoms with Crippen molar-refractivity contribution < 1.29 is 31.4 Å². The van der Waals surface area contributed by atoms with E-state index < -0.39 is 42.0 Å².